The highest BCUT2D eigenvalue weighted by Crippen LogP contribution is 2.43. The number of esters is 2. The number of nitrogens with one attached hydrogen (secondary N) is 2. The summed E-state index contributed by atoms with van der Waals surface area (Å²) in [6, 6.07) is 0. The third-order valence-electron chi connectivity index (χ3n) is 13.2. The standard InChI is InChI=1S/C50H95N2O87P/c1-4-7-9-11-13-15-17-19-21-23-25-27-29-31-33-36-48(54)60-44-46(64-49(55)37-34-32-30-28-26-24-22-20-18-16-14-12-10-8-5-2)45-63-140(57,58)62-41-39-52-50(56)65-67-69-71-73-75-77-79-81-83-85-87-89-91-93-95-97-99-101-103-105-107-109-111-113-115-117-119-121-123-125-127-129-131-133-135-137-139-138-136-134-132-130-128-126-124-122-120-118-116-114-112-110-108-106-104-102-100-98-96-94-92-90-88-86-84-82-80-78-76-74-72-70-68-66-61-43-42-59-40-35-38-51-47(53)6-3/h42-43,46H,4-41,44-45H2,1-3H3,(H,51,53)(H,52,56)(H,57,58)/b43-42-. The Morgan fingerprint density at radius 3 is 0.743 bits per heavy atom. The van der Waals surface area contributed by atoms with Crippen molar-refractivity contribution in [3.8, 4) is 0 Å². The van der Waals surface area contributed by atoms with Crippen LogP contribution in [0, 0.1) is 0 Å². The number of hydrogen-bond acceptors (Lipinski definition) is 86. The van der Waals surface area contributed by atoms with E-state index in [0.29, 0.717) is 32.2 Å². The van der Waals surface area contributed by atoms with Crippen LogP contribution in [0.1, 0.15) is 239 Å². The average Bonchev–Trinajstić information content (AvgIpc) is 0.905. The summed E-state index contributed by atoms with van der Waals surface area (Å²) in [4.78, 5) is 67.0. The summed E-state index contributed by atoms with van der Waals surface area (Å²) >= 11 is 0. The van der Waals surface area contributed by atoms with E-state index in [0.717, 1.165) is 63.9 Å². The van der Waals surface area contributed by atoms with Crippen LogP contribution in [0.25, 0.3) is 0 Å². The van der Waals surface area contributed by atoms with E-state index in [1.54, 1.807) is 6.92 Å². The molecule has 0 heterocycles. The van der Waals surface area contributed by atoms with Crippen LogP contribution in [0.15, 0.2) is 12.5 Å². The van der Waals surface area contributed by atoms with E-state index in [4.69, 9.17) is 23.3 Å². The molecule has 140 heavy (non-hydrogen) atoms. The van der Waals surface area contributed by atoms with E-state index in [1.807, 2.05) is 5.32 Å². The lowest BCUT2D eigenvalue weighted by atomic mass is 10.0. The van der Waals surface area contributed by atoms with Crippen LogP contribution in [0.2, 0.25) is 0 Å². The number of carbonyl (C=O) groups excluding carboxylic acids is 4. The number of rotatable bonds is 124. The van der Waals surface area contributed by atoms with Crippen molar-refractivity contribution in [2.75, 3.05) is 39.5 Å². The maximum atomic E-state index is 12.9. The second-order valence-corrected chi connectivity index (χ2v) is 23.9. The molecule has 2 atom stereocenters. The van der Waals surface area contributed by atoms with Gasteiger partial charge in [-0.2, -0.15) is 0 Å². The van der Waals surface area contributed by atoms with Gasteiger partial charge in [-0.1, -0.05) is 201 Å². The Balaban J connectivity index is 3.56. The number of hydrogen-bond donors (Lipinski definition) is 3. The van der Waals surface area contributed by atoms with Crippen molar-refractivity contribution in [1.29, 1.82) is 0 Å². The zero-order valence-corrected chi connectivity index (χ0v) is 72.9. The molecular weight excluding hydrogens is 2050 g/mol. The maximum Gasteiger partial charge on any atom is 0.472 e. The largest absolute Gasteiger partial charge is 0.498 e. The van der Waals surface area contributed by atoms with E-state index in [-0.39, 0.29) is 25.4 Å². The minimum Gasteiger partial charge on any atom is -0.498 e. The molecule has 0 spiro atoms. The van der Waals surface area contributed by atoms with Crippen LogP contribution in [0.3, 0.4) is 0 Å². The van der Waals surface area contributed by atoms with E-state index >= 15 is 0 Å². The Morgan fingerprint density at radius 1 is 0.250 bits per heavy atom. The Bertz CT molecular complexity index is 2560. The fourth-order valence-electron chi connectivity index (χ4n) is 8.00. The SMILES string of the molecule is CCCCCCCCCCCCCCCCCC(=O)OCC(COP(=O)(O)OCCNC(=O)OOOOOOOOOOOOOOOOOOOOOOOOOOOOOOOOOOOOOOOOOOOOOOOOOOOOOOOOOOOOOOOOOOOOOOOOOOOO/C=C\OCCCNC(=O)CC)OC(=O)CCCCCCCCCCCCCCCCC. The summed E-state index contributed by atoms with van der Waals surface area (Å²) in [5.74, 6) is -1.21. The molecule has 89 nitrogen and oxygen atoms in total. The first-order chi connectivity index (χ1) is 69.1. The highest BCUT2D eigenvalue weighted by molar-refractivity contribution is 7.47. The van der Waals surface area contributed by atoms with Crippen LogP contribution in [-0.4, -0.2) is 74.5 Å². The van der Waals surface area contributed by atoms with Crippen molar-refractivity contribution in [3.63, 3.8) is 0 Å². The first kappa shape index (κ1) is 134. The molecule has 0 aliphatic heterocycles. The lowest BCUT2D eigenvalue weighted by Crippen LogP contribution is -2.30. The summed E-state index contributed by atoms with van der Waals surface area (Å²) < 4.78 is 38.4. The molecule has 0 aromatic carbocycles. The summed E-state index contributed by atoms with van der Waals surface area (Å²) in [6.07, 6.45) is 35.2. The quantitative estimate of drug-likeness (QED) is 0.0129. The second kappa shape index (κ2) is 118. The highest BCUT2D eigenvalue weighted by Gasteiger charge is 2.27. The number of unbranched alkanes of at least 4 members (excludes halogenated alkanes) is 28. The molecule has 0 radical (unpaired) electrons. The van der Waals surface area contributed by atoms with Crippen LogP contribution >= 0.6 is 7.82 Å². The van der Waals surface area contributed by atoms with Crippen molar-refractivity contribution >= 4 is 31.8 Å². The van der Waals surface area contributed by atoms with Gasteiger partial charge in [-0.25, -0.2) is 14.2 Å². The molecule has 0 saturated carbocycles. The fraction of sp³-hybridized carbons (Fsp3) is 0.880. The molecule has 0 aromatic rings. The lowest BCUT2D eigenvalue weighted by molar-refractivity contribution is -0.912. The monoisotopic (exact) mass is 2150 g/mol. The second-order valence-electron chi connectivity index (χ2n) is 22.4. The molecule has 0 bridgehead atoms. The van der Waals surface area contributed by atoms with Gasteiger partial charge in [0.15, 0.2) is 12.4 Å². The Morgan fingerprint density at radius 2 is 0.486 bits per heavy atom. The van der Waals surface area contributed by atoms with Gasteiger partial charge in [-0.15, -0.1) is 0 Å². The fourth-order valence-corrected chi connectivity index (χ4v) is 8.75. The van der Waals surface area contributed by atoms with Crippen LogP contribution in [0.4, 0.5) is 4.79 Å². The van der Waals surface area contributed by atoms with Gasteiger partial charge in [0.05, 0.1) is 19.8 Å². The predicted molar refractivity (Wildman–Crippen MR) is 341 cm³/mol. The molecule has 0 aliphatic carbocycles. The third-order valence-corrected chi connectivity index (χ3v) is 14.2. The normalized spacial score (nSPS) is 12.3. The molecule has 90 heteroatoms. The van der Waals surface area contributed by atoms with E-state index < -0.39 is 58.3 Å². The van der Waals surface area contributed by atoms with E-state index in [1.165, 1.54) is 128 Å². The molecule has 832 valence electrons. The van der Waals surface area contributed by atoms with Crippen LogP contribution in [-0.2, 0) is 425 Å². The smallest absolute Gasteiger partial charge is 0.472 e. The van der Waals surface area contributed by atoms with Crippen molar-refractivity contribution in [2.45, 2.75) is 245 Å². The molecule has 0 aliphatic rings. The maximum absolute atomic E-state index is 12.9. The Kier molecular flexibility index (Phi) is 113. The summed E-state index contributed by atoms with van der Waals surface area (Å²) in [6.45, 7) is 4.62. The molecule has 2 amide bonds. The van der Waals surface area contributed by atoms with E-state index in [2.05, 4.69) is 402 Å². The topological polar surface area (TPSA) is 877 Å². The van der Waals surface area contributed by atoms with Gasteiger partial charge >= 0.3 is 25.9 Å². The van der Waals surface area contributed by atoms with Gasteiger partial charge in [0.2, 0.25) is 5.91 Å². The van der Waals surface area contributed by atoms with Crippen molar-refractivity contribution in [1.82, 2.24) is 10.6 Å². The number of ether oxygens (including phenoxy) is 3. The van der Waals surface area contributed by atoms with Gasteiger partial charge in [0.1, 0.15) is 12.9 Å². The average molecular weight is 2150 g/mol. The number of phosphoric acid groups is 1. The summed E-state index contributed by atoms with van der Waals surface area (Å²) in [7, 11) is -4.84. The third kappa shape index (κ3) is 117. The Labute approximate surface area is 773 Å². The summed E-state index contributed by atoms with van der Waals surface area (Å²) in [5.41, 5.74) is 0. The van der Waals surface area contributed by atoms with Crippen LogP contribution < -0.4 is 10.6 Å². The summed E-state index contributed by atoms with van der Waals surface area (Å²) in [5, 5.41) is 269. The van der Waals surface area contributed by atoms with Gasteiger partial charge in [0.25, 0.3) is 0 Å². The first-order valence-electron chi connectivity index (χ1n) is 38.6. The molecule has 3 N–H and O–H groups in total. The number of carbonyl (C=O) groups is 4. The highest BCUT2D eigenvalue weighted by atomic mass is 31.2. The molecule has 0 saturated heterocycles. The molecule has 0 rings (SSSR count). The number of phosphoric ester groups is 1. The predicted octanol–water partition coefficient (Wildman–Crippen LogP) is 8.10. The van der Waals surface area contributed by atoms with Gasteiger partial charge in [-0.05, 0) is 19.3 Å². The Hall–Kier alpha value is -5.83. The molecule has 2 unspecified atom stereocenters. The minimum absolute atomic E-state index is 0.0786. The number of amides is 2. The van der Waals surface area contributed by atoms with Crippen molar-refractivity contribution < 1.29 is 435 Å². The first-order valence-corrected chi connectivity index (χ1v) is 40.1. The zero-order chi connectivity index (χ0) is 101. The van der Waals surface area contributed by atoms with Gasteiger partial charge in [-0.3, -0.25) is 23.4 Å². The molecule has 0 fully saturated rings. The van der Waals surface area contributed by atoms with E-state index in [9.17, 15) is 28.6 Å². The van der Waals surface area contributed by atoms with Crippen LogP contribution in [0.5, 0.6) is 0 Å². The van der Waals surface area contributed by atoms with Gasteiger partial charge < -0.3 is 34.6 Å². The molecular formula is C50H95N2O87P. The van der Waals surface area contributed by atoms with Crippen molar-refractivity contribution in [3.05, 3.63) is 12.5 Å². The minimum atomic E-state index is -4.84. The zero-order valence-electron chi connectivity index (χ0n) is 72.0. The molecule has 0 aromatic heterocycles. The lowest BCUT2D eigenvalue weighted by Gasteiger charge is -2.20. The van der Waals surface area contributed by atoms with Gasteiger partial charge in [0, 0.05) is 405 Å². The van der Waals surface area contributed by atoms with Crippen molar-refractivity contribution in [2.24, 2.45) is 0 Å².